The van der Waals surface area contributed by atoms with E-state index in [9.17, 15) is 0 Å². The van der Waals surface area contributed by atoms with Crippen molar-refractivity contribution in [1.82, 2.24) is 4.98 Å². The van der Waals surface area contributed by atoms with Gasteiger partial charge in [-0.3, -0.25) is 0 Å². The van der Waals surface area contributed by atoms with Crippen molar-refractivity contribution in [2.24, 2.45) is 0 Å². The number of aromatic nitrogens is 1. The molecule has 0 N–H and O–H groups in total. The first-order valence-corrected chi connectivity index (χ1v) is 11.0. The van der Waals surface area contributed by atoms with Crippen LogP contribution in [0, 0.1) is 0 Å². The Balaban J connectivity index is 1.24. The molecule has 6 aromatic rings. The van der Waals surface area contributed by atoms with Gasteiger partial charge in [0, 0.05) is 11.1 Å². The molecule has 2 nitrogen and oxygen atoms in total. The van der Waals surface area contributed by atoms with Crippen LogP contribution in [0.3, 0.4) is 0 Å². The Hall–Kier alpha value is -4.43. The third kappa shape index (κ3) is 3.83. The molecule has 0 spiro atoms. The Morgan fingerprint density at radius 3 is 2.18 bits per heavy atom. The average molecular weight is 424 g/mol. The van der Waals surface area contributed by atoms with Crippen LogP contribution in [-0.4, -0.2) is 4.98 Å². The minimum Gasteiger partial charge on any atom is -0.436 e. The minimum absolute atomic E-state index is 0.628. The van der Waals surface area contributed by atoms with Crippen molar-refractivity contribution in [1.29, 1.82) is 0 Å². The summed E-state index contributed by atoms with van der Waals surface area (Å²) in [5, 5.41) is 4.92. The molecule has 0 aliphatic heterocycles. The normalized spacial score (nSPS) is 11.5. The Morgan fingerprint density at radius 1 is 0.576 bits per heavy atom. The second-order valence-electron chi connectivity index (χ2n) is 8.12. The van der Waals surface area contributed by atoms with Gasteiger partial charge in [0.2, 0.25) is 5.89 Å². The van der Waals surface area contributed by atoms with Crippen LogP contribution in [-0.2, 0) is 0 Å². The second-order valence-corrected chi connectivity index (χ2v) is 8.12. The Bertz CT molecular complexity index is 1600. The Kier molecular flexibility index (Phi) is 4.82. The molecule has 0 unspecified atom stereocenters. The quantitative estimate of drug-likeness (QED) is 0.266. The molecule has 0 amide bonds. The van der Waals surface area contributed by atoms with Gasteiger partial charge in [-0.25, -0.2) is 4.98 Å². The lowest BCUT2D eigenvalue weighted by Gasteiger charge is -2.02. The van der Waals surface area contributed by atoms with E-state index in [0.29, 0.717) is 5.89 Å². The molecule has 0 fully saturated rings. The van der Waals surface area contributed by atoms with E-state index in [0.717, 1.165) is 22.5 Å². The number of nitrogens with zero attached hydrogens (tertiary/aromatic N) is 1. The monoisotopic (exact) mass is 423 g/mol. The minimum atomic E-state index is 0.628. The van der Waals surface area contributed by atoms with Gasteiger partial charge in [-0.2, -0.15) is 0 Å². The summed E-state index contributed by atoms with van der Waals surface area (Å²) in [4.78, 5) is 4.52. The fraction of sp³-hybridized carbons (Fsp3) is 0. The van der Waals surface area contributed by atoms with Crippen molar-refractivity contribution in [3.63, 3.8) is 0 Å². The van der Waals surface area contributed by atoms with Crippen LogP contribution in [0.15, 0.2) is 120 Å². The maximum absolute atomic E-state index is 6.09. The van der Waals surface area contributed by atoms with Gasteiger partial charge in [0.05, 0.1) is 6.20 Å². The number of hydrogen-bond donors (Lipinski definition) is 0. The second kappa shape index (κ2) is 8.25. The highest BCUT2D eigenvalue weighted by Crippen LogP contribution is 2.29. The van der Waals surface area contributed by atoms with Gasteiger partial charge in [-0.15, -0.1) is 0 Å². The van der Waals surface area contributed by atoms with Crippen molar-refractivity contribution >= 4 is 33.7 Å². The van der Waals surface area contributed by atoms with Gasteiger partial charge < -0.3 is 4.42 Å². The van der Waals surface area contributed by atoms with Crippen LogP contribution in [0.2, 0.25) is 0 Å². The maximum Gasteiger partial charge on any atom is 0.226 e. The summed E-state index contributed by atoms with van der Waals surface area (Å²) in [5.41, 5.74) is 4.34. The highest BCUT2D eigenvalue weighted by Gasteiger charge is 2.09. The van der Waals surface area contributed by atoms with E-state index in [1.165, 1.54) is 27.1 Å². The summed E-state index contributed by atoms with van der Waals surface area (Å²) in [5.74, 6) is 1.40. The molecule has 2 heteroatoms. The molecule has 0 saturated heterocycles. The average Bonchev–Trinajstić information content (AvgIpc) is 3.38. The number of fused-ring (bicyclic) bond motifs is 2. The fourth-order valence-corrected chi connectivity index (χ4v) is 4.20. The smallest absolute Gasteiger partial charge is 0.226 e. The molecule has 1 aromatic heterocycles. The van der Waals surface area contributed by atoms with Gasteiger partial charge in [-0.1, -0.05) is 103 Å². The molecule has 1 heterocycles. The predicted octanol–water partition coefficient (Wildman–Crippen LogP) is 8.49. The first-order chi connectivity index (χ1) is 16.3. The van der Waals surface area contributed by atoms with Crippen LogP contribution >= 0.6 is 0 Å². The van der Waals surface area contributed by atoms with Crippen molar-refractivity contribution < 1.29 is 4.42 Å². The summed E-state index contributed by atoms with van der Waals surface area (Å²) in [6, 6.07) is 37.8. The lowest BCUT2D eigenvalue weighted by atomic mass is 10.0. The molecular formula is C31H21NO. The Labute approximate surface area is 192 Å². The number of oxazole rings is 1. The van der Waals surface area contributed by atoms with Crippen molar-refractivity contribution in [3.8, 4) is 22.8 Å². The van der Waals surface area contributed by atoms with Crippen molar-refractivity contribution in [3.05, 3.63) is 127 Å². The molecule has 156 valence electrons. The van der Waals surface area contributed by atoms with E-state index >= 15 is 0 Å². The summed E-state index contributed by atoms with van der Waals surface area (Å²) < 4.78 is 6.09. The highest BCUT2D eigenvalue weighted by atomic mass is 16.4. The third-order valence-corrected chi connectivity index (χ3v) is 5.98. The van der Waals surface area contributed by atoms with Crippen LogP contribution in [0.5, 0.6) is 0 Å². The number of hydrogen-bond acceptors (Lipinski definition) is 2. The standard InChI is InChI=1S/C31H21NO/c1-2-8-27-20-28(19-18-23(27)6-1)30-21-32-31(33-30)26-16-13-22(14-17-26)12-15-25-10-5-9-24-7-3-4-11-29(24)25/h1-21H. The fourth-order valence-electron chi connectivity index (χ4n) is 4.20. The zero-order valence-electron chi connectivity index (χ0n) is 18.0. The largest absolute Gasteiger partial charge is 0.436 e. The van der Waals surface area contributed by atoms with Crippen molar-refractivity contribution in [2.45, 2.75) is 0 Å². The molecule has 33 heavy (non-hydrogen) atoms. The van der Waals surface area contributed by atoms with E-state index in [4.69, 9.17) is 4.42 Å². The topological polar surface area (TPSA) is 26.0 Å². The number of rotatable bonds is 4. The predicted molar refractivity (Wildman–Crippen MR) is 138 cm³/mol. The van der Waals surface area contributed by atoms with Gasteiger partial charge >= 0.3 is 0 Å². The van der Waals surface area contributed by atoms with Gasteiger partial charge in [0.15, 0.2) is 5.76 Å². The maximum atomic E-state index is 6.09. The lowest BCUT2D eigenvalue weighted by molar-refractivity contribution is 0.589. The van der Waals surface area contributed by atoms with Gasteiger partial charge in [0.25, 0.3) is 0 Å². The molecule has 0 aliphatic carbocycles. The van der Waals surface area contributed by atoms with Crippen molar-refractivity contribution in [2.75, 3.05) is 0 Å². The molecule has 0 radical (unpaired) electrons. The van der Waals surface area contributed by atoms with E-state index in [1.54, 1.807) is 6.20 Å². The summed E-state index contributed by atoms with van der Waals surface area (Å²) in [6.07, 6.45) is 6.11. The first-order valence-electron chi connectivity index (χ1n) is 11.0. The van der Waals surface area contributed by atoms with Gasteiger partial charge in [0.1, 0.15) is 0 Å². The lowest BCUT2D eigenvalue weighted by Crippen LogP contribution is -1.79. The van der Waals surface area contributed by atoms with E-state index < -0.39 is 0 Å². The molecular weight excluding hydrogens is 402 g/mol. The van der Waals surface area contributed by atoms with Crippen LogP contribution in [0.4, 0.5) is 0 Å². The van der Waals surface area contributed by atoms with Crippen LogP contribution in [0.25, 0.3) is 56.5 Å². The van der Waals surface area contributed by atoms with Crippen LogP contribution < -0.4 is 0 Å². The Morgan fingerprint density at radius 2 is 1.30 bits per heavy atom. The molecule has 0 saturated carbocycles. The summed E-state index contributed by atoms with van der Waals surface area (Å²) >= 11 is 0. The van der Waals surface area contributed by atoms with Gasteiger partial charge in [-0.05, 0) is 50.9 Å². The summed E-state index contributed by atoms with van der Waals surface area (Å²) in [7, 11) is 0. The molecule has 0 bridgehead atoms. The van der Waals surface area contributed by atoms with E-state index in [2.05, 4.69) is 120 Å². The number of benzene rings is 5. The van der Waals surface area contributed by atoms with E-state index in [1.807, 2.05) is 6.07 Å². The zero-order valence-corrected chi connectivity index (χ0v) is 18.0. The van der Waals surface area contributed by atoms with E-state index in [-0.39, 0.29) is 0 Å². The molecule has 6 rings (SSSR count). The van der Waals surface area contributed by atoms with Crippen LogP contribution in [0.1, 0.15) is 11.1 Å². The molecule has 0 aliphatic rings. The highest BCUT2D eigenvalue weighted by molar-refractivity contribution is 5.93. The SMILES string of the molecule is C(=Cc1cccc2ccccc12)c1ccc(-c2ncc(-c3ccc4ccccc4c3)o2)cc1. The third-order valence-electron chi connectivity index (χ3n) is 5.98. The molecule has 5 aromatic carbocycles. The zero-order chi connectivity index (χ0) is 22.0. The first kappa shape index (κ1) is 19.3. The molecule has 0 atom stereocenters. The summed E-state index contributed by atoms with van der Waals surface area (Å²) in [6.45, 7) is 0.